The minimum Gasteiger partial charge on any atom is -0.371 e. The fraction of sp³-hybridized carbons (Fsp3) is 0.286. The van der Waals surface area contributed by atoms with Gasteiger partial charge >= 0.3 is 0 Å². The lowest BCUT2D eigenvalue weighted by Gasteiger charge is -2.36. The lowest BCUT2D eigenvalue weighted by molar-refractivity contribution is 0.534. The van der Waals surface area contributed by atoms with Crippen molar-refractivity contribution >= 4 is 5.69 Å². The van der Waals surface area contributed by atoms with Crippen molar-refractivity contribution in [2.45, 2.75) is 40.2 Å². The fourth-order valence-electron chi connectivity index (χ4n) is 3.94. The van der Waals surface area contributed by atoms with Gasteiger partial charge in [0.2, 0.25) is 0 Å². The quantitative estimate of drug-likeness (QED) is 0.634. The maximum atomic E-state index is 15.1. The molecule has 0 fully saturated rings. The number of hydrogen-bond acceptors (Lipinski definition) is 2. The Balaban J connectivity index is 2.05. The SMILES string of the molecule is Cc1cc(F)cc(-c2c(F)cc3c(c2C)-n2c(C)cnc2C(C)(C)N3)c1. The first kappa shape index (κ1) is 16.8. The highest BCUT2D eigenvalue weighted by Gasteiger charge is 2.35. The van der Waals surface area contributed by atoms with Crippen LogP contribution < -0.4 is 5.32 Å². The molecule has 1 aliphatic heterocycles. The topological polar surface area (TPSA) is 29.9 Å². The maximum Gasteiger partial charge on any atom is 0.138 e. The van der Waals surface area contributed by atoms with Crippen LogP contribution in [0.5, 0.6) is 0 Å². The van der Waals surface area contributed by atoms with Gasteiger partial charge in [-0.1, -0.05) is 6.07 Å². The van der Waals surface area contributed by atoms with Crippen LogP contribution in [0.1, 0.15) is 36.5 Å². The number of hydrogen-bond donors (Lipinski definition) is 1. The number of halogens is 2. The summed E-state index contributed by atoms with van der Waals surface area (Å²) in [6.45, 7) is 9.70. The van der Waals surface area contributed by atoms with Gasteiger partial charge in [0.25, 0.3) is 0 Å². The first-order chi connectivity index (χ1) is 12.2. The van der Waals surface area contributed by atoms with Crippen molar-refractivity contribution in [1.82, 2.24) is 9.55 Å². The van der Waals surface area contributed by atoms with E-state index in [1.807, 2.05) is 40.0 Å². The molecule has 0 saturated carbocycles. The number of aromatic nitrogens is 2. The third kappa shape index (κ3) is 2.34. The Bertz CT molecular complexity index is 1030. The molecule has 2 aromatic carbocycles. The average Bonchev–Trinajstić information content (AvgIpc) is 2.88. The summed E-state index contributed by atoms with van der Waals surface area (Å²) in [5, 5.41) is 3.39. The molecule has 0 unspecified atom stereocenters. The minimum atomic E-state index is -0.420. The Labute approximate surface area is 151 Å². The molecule has 0 spiro atoms. The predicted octanol–water partition coefficient (Wildman–Crippen LogP) is 5.40. The zero-order valence-electron chi connectivity index (χ0n) is 15.5. The van der Waals surface area contributed by atoms with Crippen molar-refractivity contribution in [2.75, 3.05) is 5.32 Å². The standard InChI is InChI=1S/C21H21F2N3/c1-11-6-14(8-15(22)7-11)18-13(3)19-17(9-16(18)23)25-21(4,5)20-24-10-12(2)26(19)20/h6-10,25H,1-5H3. The van der Waals surface area contributed by atoms with Gasteiger partial charge in [-0.15, -0.1) is 0 Å². The molecule has 0 atom stereocenters. The van der Waals surface area contributed by atoms with Crippen LogP contribution in [-0.2, 0) is 5.54 Å². The molecule has 1 aliphatic rings. The normalized spacial score (nSPS) is 14.6. The van der Waals surface area contributed by atoms with E-state index in [9.17, 15) is 4.39 Å². The minimum absolute atomic E-state index is 0.365. The number of rotatable bonds is 1. The van der Waals surface area contributed by atoms with Crippen molar-refractivity contribution in [3.8, 4) is 16.8 Å². The molecule has 5 heteroatoms. The first-order valence-corrected chi connectivity index (χ1v) is 8.63. The molecular weight excluding hydrogens is 332 g/mol. The molecule has 2 heterocycles. The summed E-state index contributed by atoms with van der Waals surface area (Å²) in [7, 11) is 0. The molecule has 1 aromatic heterocycles. The molecule has 0 radical (unpaired) electrons. The van der Waals surface area contributed by atoms with Gasteiger partial charge in [0, 0.05) is 17.5 Å². The van der Waals surface area contributed by atoms with Gasteiger partial charge in [-0.05, 0) is 69.5 Å². The van der Waals surface area contributed by atoms with Crippen LogP contribution in [-0.4, -0.2) is 9.55 Å². The van der Waals surface area contributed by atoms with Crippen molar-refractivity contribution < 1.29 is 8.78 Å². The number of benzene rings is 2. The summed E-state index contributed by atoms with van der Waals surface area (Å²) in [4.78, 5) is 4.55. The molecule has 1 N–H and O–H groups in total. The molecule has 3 aromatic rings. The van der Waals surface area contributed by atoms with Crippen LogP contribution >= 0.6 is 0 Å². The third-order valence-electron chi connectivity index (χ3n) is 4.99. The van der Waals surface area contributed by atoms with E-state index < -0.39 is 5.54 Å². The zero-order chi connectivity index (χ0) is 18.8. The number of nitrogens with one attached hydrogen (secondary N) is 1. The van der Waals surface area contributed by atoms with Gasteiger partial charge in [0.05, 0.1) is 16.9 Å². The first-order valence-electron chi connectivity index (χ1n) is 8.63. The van der Waals surface area contributed by atoms with E-state index in [1.165, 1.54) is 18.2 Å². The number of fused-ring (bicyclic) bond motifs is 3. The second-order valence-electron chi connectivity index (χ2n) is 7.58. The van der Waals surface area contributed by atoms with Crippen molar-refractivity contribution in [3.05, 3.63) is 64.7 Å². The Kier molecular flexibility index (Phi) is 3.48. The van der Waals surface area contributed by atoms with Crippen LogP contribution in [0.4, 0.5) is 14.5 Å². The smallest absolute Gasteiger partial charge is 0.138 e. The second-order valence-corrected chi connectivity index (χ2v) is 7.58. The largest absolute Gasteiger partial charge is 0.371 e. The van der Waals surface area contributed by atoms with E-state index in [-0.39, 0.29) is 11.6 Å². The van der Waals surface area contributed by atoms with Crippen LogP contribution in [0.15, 0.2) is 30.5 Å². The molecule has 0 saturated heterocycles. The predicted molar refractivity (Wildman–Crippen MR) is 99.8 cm³/mol. The number of anilines is 1. The average molecular weight is 353 g/mol. The van der Waals surface area contributed by atoms with Gasteiger partial charge in [0.15, 0.2) is 0 Å². The highest BCUT2D eigenvalue weighted by atomic mass is 19.1. The number of aryl methyl sites for hydroxylation is 2. The summed E-state index contributed by atoms with van der Waals surface area (Å²) < 4.78 is 31.0. The van der Waals surface area contributed by atoms with Gasteiger partial charge in [-0.3, -0.25) is 4.57 Å². The number of nitrogens with zero attached hydrogens (tertiary/aromatic N) is 2. The van der Waals surface area contributed by atoms with Gasteiger partial charge in [-0.25, -0.2) is 13.8 Å². The third-order valence-corrected chi connectivity index (χ3v) is 4.99. The zero-order valence-corrected chi connectivity index (χ0v) is 15.5. The van der Waals surface area contributed by atoms with Crippen LogP contribution in [0, 0.1) is 32.4 Å². The monoisotopic (exact) mass is 353 g/mol. The Morgan fingerprint density at radius 1 is 1.04 bits per heavy atom. The molecule has 3 nitrogen and oxygen atoms in total. The molecule has 0 aliphatic carbocycles. The summed E-state index contributed by atoms with van der Waals surface area (Å²) in [5.74, 6) is 0.143. The molecular formula is C21H21F2N3. The second kappa shape index (κ2) is 5.40. The molecule has 26 heavy (non-hydrogen) atoms. The summed E-state index contributed by atoms with van der Waals surface area (Å²) in [6, 6.07) is 6.13. The fourth-order valence-corrected chi connectivity index (χ4v) is 3.94. The van der Waals surface area contributed by atoms with Gasteiger partial charge in [-0.2, -0.15) is 0 Å². The van der Waals surface area contributed by atoms with Crippen LogP contribution in [0.2, 0.25) is 0 Å². The Morgan fingerprint density at radius 2 is 1.77 bits per heavy atom. The Morgan fingerprint density at radius 3 is 2.46 bits per heavy atom. The van der Waals surface area contributed by atoms with Crippen molar-refractivity contribution in [2.24, 2.45) is 0 Å². The van der Waals surface area contributed by atoms with E-state index >= 15 is 4.39 Å². The van der Waals surface area contributed by atoms with Gasteiger partial charge in [0.1, 0.15) is 17.5 Å². The lowest BCUT2D eigenvalue weighted by atomic mass is 9.92. The molecule has 0 amide bonds. The van der Waals surface area contributed by atoms with E-state index in [4.69, 9.17) is 0 Å². The summed E-state index contributed by atoms with van der Waals surface area (Å²) in [5.41, 5.74) is 4.63. The Hall–Kier alpha value is -2.69. The highest BCUT2D eigenvalue weighted by molar-refractivity contribution is 5.80. The van der Waals surface area contributed by atoms with E-state index in [0.717, 1.165) is 34.0 Å². The summed E-state index contributed by atoms with van der Waals surface area (Å²) >= 11 is 0. The number of imidazole rings is 1. The van der Waals surface area contributed by atoms with Gasteiger partial charge < -0.3 is 5.32 Å². The van der Waals surface area contributed by atoms with Crippen molar-refractivity contribution in [1.29, 1.82) is 0 Å². The van der Waals surface area contributed by atoms with Crippen LogP contribution in [0.3, 0.4) is 0 Å². The lowest BCUT2D eigenvalue weighted by Crippen LogP contribution is -2.36. The highest BCUT2D eigenvalue weighted by Crippen LogP contribution is 2.43. The van der Waals surface area contributed by atoms with E-state index in [2.05, 4.69) is 14.9 Å². The van der Waals surface area contributed by atoms with Crippen molar-refractivity contribution in [3.63, 3.8) is 0 Å². The molecule has 4 rings (SSSR count). The van der Waals surface area contributed by atoms with E-state index in [0.29, 0.717) is 11.1 Å². The maximum absolute atomic E-state index is 15.1. The summed E-state index contributed by atoms with van der Waals surface area (Å²) in [6.07, 6.45) is 1.82. The molecule has 0 bridgehead atoms. The molecule has 134 valence electrons. The van der Waals surface area contributed by atoms with Crippen LogP contribution in [0.25, 0.3) is 16.8 Å². The van der Waals surface area contributed by atoms with E-state index in [1.54, 1.807) is 6.92 Å².